The minimum absolute atomic E-state index is 0.00551. The van der Waals surface area contributed by atoms with Crippen LogP contribution < -0.4 is 0 Å². The van der Waals surface area contributed by atoms with E-state index in [1.54, 1.807) is 0 Å². The van der Waals surface area contributed by atoms with Crippen LogP contribution in [0.3, 0.4) is 0 Å². The molecule has 1 aliphatic rings. The summed E-state index contributed by atoms with van der Waals surface area (Å²) in [7, 11) is 0. The van der Waals surface area contributed by atoms with E-state index >= 15 is 0 Å². The lowest BCUT2D eigenvalue weighted by Crippen LogP contribution is -2.03. The lowest BCUT2D eigenvalue weighted by molar-refractivity contribution is -0.139. The van der Waals surface area contributed by atoms with Crippen LogP contribution in [-0.4, -0.2) is 12.1 Å². The quantitative estimate of drug-likeness (QED) is 0.545. The highest BCUT2D eigenvalue weighted by Crippen LogP contribution is 2.17. The Bertz CT molecular complexity index is 170. The van der Waals surface area contributed by atoms with Crippen molar-refractivity contribution < 1.29 is 9.53 Å². The van der Waals surface area contributed by atoms with Gasteiger partial charge in [0.1, 0.15) is 6.10 Å². The average molecular weight is 140 g/mol. The molecule has 1 aliphatic heterocycles. The van der Waals surface area contributed by atoms with E-state index in [9.17, 15) is 4.79 Å². The van der Waals surface area contributed by atoms with Gasteiger partial charge in [-0.1, -0.05) is 13.3 Å². The molecule has 0 fully saturated rings. The van der Waals surface area contributed by atoms with Crippen molar-refractivity contribution in [3.8, 4) is 0 Å². The molecule has 0 aliphatic carbocycles. The van der Waals surface area contributed by atoms with Gasteiger partial charge < -0.3 is 4.74 Å². The molecule has 0 saturated heterocycles. The second kappa shape index (κ2) is 2.86. The van der Waals surface area contributed by atoms with Gasteiger partial charge in [0.05, 0.1) is 0 Å². The van der Waals surface area contributed by atoms with Crippen molar-refractivity contribution in [2.45, 2.75) is 32.8 Å². The first-order valence-corrected chi connectivity index (χ1v) is 3.65. The van der Waals surface area contributed by atoms with E-state index in [0.29, 0.717) is 0 Å². The third-order valence-corrected chi connectivity index (χ3v) is 1.51. The molecule has 1 heterocycles. The third-order valence-electron chi connectivity index (χ3n) is 1.51. The Morgan fingerprint density at radius 1 is 1.70 bits per heavy atom. The summed E-state index contributed by atoms with van der Waals surface area (Å²) < 4.78 is 4.89. The predicted molar refractivity (Wildman–Crippen MR) is 38.5 cm³/mol. The van der Waals surface area contributed by atoms with Crippen molar-refractivity contribution in [2.75, 3.05) is 0 Å². The first kappa shape index (κ1) is 7.32. The van der Waals surface area contributed by atoms with Crippen molar-refractivity contribution in [1.82, 2.24) is 0 Å². The normalized spacial score (nSPS) is 24.4. The van der Waals surface area contributed by atoms with Gasteiger partial charge in [0.25, 0.3) is 0 Å². The van der Waals surface area contributed by atoms with Gasteiger partial charge >= 0.3 is 5.97 Å². The zero-order valence-electron chi connectivity index (χ0n) is 6.39. The molecule has 0 spiro atoms. The molecule has 10 heavy (non-hydrogen) atoms. The number of ether oxygens (including phenoxy) is 1. The molecule has 0 amide bonds. The van der Waals surface area contributed by atoms with Crippen LogP contribution in [0.15, 0.2) is 11.6 Å². The van der Waals surface area contributed by atoms with E-state index in [-0.39, 0.29) is 12.1 Å². The highest BCUT2D eigenvalue weighted by atomic mass is 16.5. The molecule has 0 saturated carbocycles. The first-order chi connectivity index (χ1) is 4.74. The summed E-state index contributed by atoms with van der Waals surface area (Å²) in [5.74, 6) is -0.130. The fourth-order valence-corrected chi connectivity index (χ4v) is 1.08. The maximum absolute atomic E-state index is 10.9. The molecule has 0 N–H and O–H groups in total. The van der Waals surface area contributed by atoms with Crippen LogP contribution in [0.4, 0.5) is 0 Å². The molecule has 0 radical (unpaired) electrons. The van der Waals surface area contributed by atoms with E-state index < -0.39 is 0 Å². The summed E-state index contributed by atoms with van der Waals surface area (Å²) in [6.45, 7) is 3.93. The topological polar surface area (TPSA) is 26.3 Å². The SMILES string of the molecule is CCCC1=C[C@H](C)OC1=O. The molecule has 0 unspecified atom stereocenters. The monoisotopic (exact) mass is 140 g/mol. The second-order valence-electron chi connectivity index (χ2n) is 2.55. The smallest absolute Gasteiger partial charge is 0.334 e. The predicted octanol–water partition coefficient (Wildman–Crippen LogP) is 1.66. The second-order valence-corrected chi connectivity index (χ2v) is 2.55. The molecular weight excluding hydrogens is 128 g/mol. The summed E-state index contributed by atoms with van der Waals surface area (Å²) in [5, 5.41) is 0. The Balaban J connectivity index is 2.57. The molecule has 2 heteroatoms. The van der Waals surface area contributed by atoms with Crippen molar-refractivity contribution >= 4 is 5.97 Å². The number of rotatable bonds is 2. The lowest BCUT2D eigenvalue weighted by atomic mass is 10.1. The molecule has 2 nitrogen and oxygen atoms in total. The maximum atomic E-state index is 10.9. The first-order valence-electron chi connectivity index (χ1n) is 3.65. The molecule has 0 bridgehead atoms. The van der Waals surface area contributed by atoms with E-state index in [1.165, 1.54) is 0 Å². The highest BCUT2D eigenvalue weighted by Gasteiger charge is 2.20. The Morgan fingerprint density at radius 3 is 2.80 bits per heavy atom. The van der Waals surface area contributed by atoms with Crippen LogP contribution in [0.2, 0.25) is 0 Å². The summed E-state index contributed by atoms with van der Waals surface area (Å²) in [6, 6.07) is 0. The van der Waals surface area contributed by atoms with Gasteiger partial charge in [-0.3, -0.25) is 0 Å². The van der Waals surface area contributed by atoms with Crippen molar-refractivity contribution in [2.24, 2.45) is 0 Å². The van der Waals surface area contributed by atoms with Crippen LogP contribution in [0.25, 0.3) is 0 Å². The largest absolute Gasteiger partial charge is 0.455 e. The van der Waals surface area contributed by atoms with Gasteiger partial charge in [-0.15, -0.1) is 0 Å². The van der Waals surface area contributed by atoms with Crippen LogP contribution in [-0.2, 0) is 9.53 Å². The number of hydrogen-bond donors (Lipinski definition) is 0. The van der Waals surface area contributed by atoms with Crippen molar-refractivity contribution in [3.05, 3.63) is 11.6 Å². The van der Waals surface area contributed by atoms with Crippen molar-refractivity contribution in [1.29, 1.82) is 0 Å². The van der Waals surface area contributed by atoms with Gasteiger partial charge in [-0.2, -0.15) is 0 Å². The number of carbonyl (C=O) groups is 1. The van der Waals surface area contributed by atoms with Gasteiger partial charge in [0.15, 0.2) is 0 Å². The summed E-state index contributed by atoms with van der Waals surface area (Å²) in [5.41, 5.74) is 0.843. The number of hydrogen-bond acceptors (Lipinski definition) is 2. The molecule has 56 valence electrons. The Hall–Kier alpha value is -0.790. The average Bonchev–Trinajstić information content (AvgIpc) is 2.13. The molecule has 1 rings (SSSR count). The standard InChI is InChI=1S/C8H12O2/c1-3-4-7-5-6(2)10-8(7)9/h5-6H,3-4H2,1-2H3/t6-/m0/s1. The molecule has 1 atom stereocenters. The zero-order chi connectivity index (χ0) is 7.56. The van der Waals surface area contributed by atoms with E-state index in [0.717, 1.165) is 18.4 Å². The number of esters is 1. The Labute approximate surface area is 60.9 Å². The summed E-state index contributed by atoms with van der Waals surface area (Å²) in [4.78, 5) is 10.9. The Morgan fingerprint density at radius 2 is 2.40 bits per heavy atom. The minimum atomic E-state index is -0.130. The van der Waals surface area contributed by atoms with Crippen LogP contribution in [0.1, 0.15) is 26.7 Å². The highest BCUT2D eigenvalue weighted by molar-refractivity contribution is 5.90. The van der Waals surface area contributed by atoms with Crippen LogP contribution >= 0.6 is 0 Å². The minimum Gasteiger partial charge on any atom is -0.455 e. The van der Waals surface area contributed by atoms with E-state index in [1.807, 2.05) is 13.0 Å². The fourth-order valence-electron chi connectivity index (χ4n) is 1.08. The lowest BCUT2D eigenvalue weighted by Gasteiger charge is -1.97. The third kappa shape index (κ3) is 1.38. The molecule has 0 aromatic rings. The van der Waals surface area contributed by atoms with Gasteiger partial charge in [-0.05, 0) is 19.4 Å². The van der Waals surface area contributed by atoms with Gasteiger partial charge in [0, 0.05) is 5.57 Å². The molecule has 0 aromatic carbocycles. The molecule has 0 aromatic heterocycles. The van der Waals surface area contributed by atoms with Crippen LogP contribution in [0, 0.1) is 0 Å². The maximum Gasteiger partial charge on any atom is 0.334 e. The summed E-state index contributed by atoms with van der Waals surface area (Å²) in [6.07, 6.45) is 3.75. The number of carbonyl (C=O) groups excluding carboxylic acids is 1. The fraction of sp³-hybridized carbons (Fsp3) is 0.625. The van der Waals surface area contributed by atoms with E-state index in [2.05, 4.69) is 6.92 Å². The van der Waals surface area contributed by atoms with E-state index in [4.69, 9.17) is 4.74 Å². The van der Waals surface area contributed by atoms with Crippen molar-refractivity contribution in [3.63, 3.8) is 0 Å². The number of cyclic esters (lactones) is 1. The van der Waals surface area contributed by atoms with Crippen LogP contribution in [0.5, 0.6) is 0 Å². The zero-order valence-corrected chi connectivity index (χ0v) is 6.39. The van der Waals surface area contributed by atoms with Gasteiger partial charge in [-0.25, -0.2) is 4.79 Å². The summed E-state index contributed by atoms with van der Waals surface area (Å²) >= 11 is 0. The molecular formula is C8H12O2. The Kier molecular flexibility index (Phi) is 2.10. The van der Waals surface area contributed by atoms with Gasteiger partial charge in [0.2, 0.25) is 0 Å².